The first-order valence-electron chi connectivity index (χ1n) is 6.77. The van der Waals surface area contributed by atoms with Crippen LogP contribution in [0.5, 0.6) is 0 Å². The van der Waals surface area contributed by atoms with E-state index in [4.69, 9.17) is 0 Å². The SMILES string of the molecule is OCC1(C(c2ccccc2)c2ccccc2)CNC1. The van der Waals surface area contributed by atoms with Gasteiger partial charge in [-0.05, 0) is 11.1 Å². The van der Waals surface area contributed by atoms with Crippen molar-refractivity contribution in [2.24, 2.45) is 5.41 Å². The number of nitrogens with one attached hydrogen (secondary N) is 1. The number of rotatable bonds is 4. The molecular formula is C17H19NO. The third-order valence-corrected chi connectivity index (χ3v) is 4.15. The van der Waals surface area contributed by atoms with Crippen LogP contribution < -0.4 is 5.32 Å². The van der Waals surface area contributed by atoms with Crippen LogP contribution in [0.2, 0.25) is 0 Å². The molecule has 0 radical (unpaired) electrons. The Labute approximate surface area is 114 Å². The summed E-state index contributed by atoms with van der Waals surface area (Å²) in [6.45, 7) is 1.96. The molecule has 0 saturated carbocycles. The van der Waals surface area contributed by atoms with Crippen molar-refractivity contribution in [3.63, 3.8) is 0 Å². The topological polar surface area (TPSA) is 32.3 Å². The van der Waals surface area contributed by atoms with Crippen LogP contribution in [0.25, 0.3) is 0 Å². The van der Waals surface area contributed by atoms with E-state index in [9.17, 15) is 5.11 Å². The fraction of sp³-hybridized carbons (Fsp3) is 0.294. The minimum Gasteiger partial charge on any atom is -0.396 e. The van der Waals surface area contributed by atoms with Crippen molar-refractivity contribution in [1.29, 1.82) is 0 Å². The van der Waals surface area contributed by atoms with Crippen molar-refractivity contribution in [2.45, 2.75) is 5.92 Å². The first kappa shape index (κ1) is 12.4. The van der Waals surface area contributed by atoms with E-state index in [-0.39, 0.29) is 17.9 Å². The van der Waals surface area contributed by atoms with Crippen molar-refractivity contribution in [1.82, 2.24) is 5.32 Å². The largest absolute Gasteiger partial charge is 0.396 e. The van der Waals surface area contributed by atoms with Crippen LogP contribution in [0.15, 0.2) is 60.7 Å². The molecule has 1 fully saturated rings. The monoisotopic (exact) mass is 253 g/mol. The Morgan fingerprint density at radius 3 is 1.68 bits per heavy atom. The summed E-state index contributed by atoms with van der Waals surface area (Å²) < 4.78 is 0. The Morgan fingerprint density at radius 1 is 0.895 bits per heavy atom. The van der Waals surface area contributed by atoms with Crippen molar-refractivity contribution in [3.8, 4) is 0 Å². The van der Waals surface area contributed by atoms with E-state index in [0.717, 1.165) is 13.1 Å². The van der Waals surface area contributed by atoms with Gasteiger partial charge < -0.3 is 10.4 Å². The Balaban J connectivity index is 2.06. The van der Waals surface area contributed by atoms with E-state index in [1.165, 1.54) is 11.1 Å². The highest BCUT2D eigenvalue weighted by Crippen LogP contribution is 2.43. The highest BCUT2D eigenvalue weighted by atomic mass is 16.3. The zero-order valence-corrected chi connectivity index (χ0v) is 10.9. The van der Waals surface area contributed by atoms with E-state index < -0.39 is 0 Å². The van der Waals surface area contributed by atoms with Crippen molar-refractivity contribution in [2.75, 3.05) is 19.7 Å². The third-order valence-electron chi connectivity index (χ3n) is 4.15. The molecule has 98 valence electrons. The minimum absolute atomic E-state index is 0.0668. The summed E-state index contributed by atoms with van der Waals surface area (Å²) in [5.74, 6) is 0.251. The van der Waals surface area contributed by atoms with Crippen molar-refractivity contribution < 1.29 is 5.11 Å². The molecule has 0 spiro atoms. The molecular weight excluding hydrogens is 234 g/mol. The Kier molecular flexibility index (Phi) is 3.36. The first-order valence-corrected chi connectivity index (χ1v) is 6.77. The molecule has 2 aromatic carbocycles. The molecule has 1 aliphatic heterocycles. The molecule has 0 bridgehead atoms. The molecule has 19 heavy (non-hydrogen) atoms. The lowest BCUT2D eigenvalue weighted by molar-refractivity contribution is 0.0522. The Bertz CT molecular complexity index is 474. The summed E-state index contributed by atoms with van der Waals surface area (Å²) in [6.07, 6.45) is 0. The quantitative estimate of drug-likeness (QED) is 0.877. The molecule has 2 nitrogen and oxygen atoms in total. The molecule has 0 amide bonds. The maximum Gasteiger partial charge on any atom is 0.0521 e. The van der Waals surface area contributed by atoms with Gasteiger partial charge in [-0.15, -0.1) is 0 Å². The van der Waals surface area contributed by atoms with Crippen LogP contribution in [-0.2, 0) is 0 Å². The van der Waals surface area contributed by atoms with Gasteiger partial charge in [0.1, 0.15) is 0 Å². The van der Waals surface area contributed by atoms with E-state index >= 15 is 0 Å². The standard InChI is InChI=1S/C17H19NO/c19-13-17(11-18-12-17)16(14-7-3-1-4-8-14)15-9-5-2-6-10-15/h1-10,16,18-19H,11-13H2. The number of hydrogen-bond donors (Lipinski definition) is 2. The fourth-order valence-electron chi connectivity index (χ4n) is 3.04. The molecule has 1 saturated heterocycles. The molecule has 2 heteroatoms. The van der Waals surface area contributed by atoms with Crippen molar-refractivity contribution >= 4 is 0 Å². The van der Waals surface area contributed by atoms with Gasteiger partial charge in [-0.2, -0.15) is 0 Å². The lowest BCUT2D eigenvalue weighted by Crippen LogP contribution is -2.59. The van der Waals surface area contributed by atoms with Crippen LogP contribution in [0.3, 0.4) is 0 Å². The molecule has 0 aromatic heterocycles. The van der Waals surface area contributed by atoms with Crippen LogP contribution in [0.1, 0.15) is 17.0 Å². The van der Waals surface area contributed by atoms with Gasteiger partial charge in [0.15, 0.2) is 0 Å². The van der Waals surface area contributed by atoms with Gasteiger partial charge >= 0.3 is 0 Å². The number of aliphatic hydroxyl groups is 1. The smallest absolute Gasteiger partial charge is 0.0521 e. The minimum atomic E-state index is -0.0668. The summed E-state index contributed by atoms with van der Waals surface area (Å²) in [5.41, 5.74) is 2.50. The van der Waals surface area contributed by atoms with E-state index in [1.807, 2.05) is 12.1 Å². The van der Waals surface area contributed by atoms with Gasteiger partial charge in [0.05, 0.1) is 6.61 Å². The summed E-state index contributed by atoms with van der Waals surface area (Å²) >= 11 is 0. The van der Waals surface area contributed by atoms with Crippen LogP contribution in [0.4, 0.5) is 0 Å². The average molecular weight is 253 g/mol. The molecule has 3 rings (SSSR count). The van der Waals surface area contributed by atoms with Crippen LogP contribution in [-0.4, -0.2) is 24.8 Å². The molecule has 0 atom stereocenters. The first-order chi connectivity index (χ1) is 9.36. The molecule has 1 aliphatic rings. The van der Waals surface area contributed by atoms with Gasteiger partial charge in [-0.1, -0.05) is 60.7 Å². The lowest BCUT2D eigenvalue weighted by atomic mass is 9.65. The second kappa shape index (κ2) is 5.16. The highest BCUT2D eigenvalue weighted by Gasteiger charge is 2.45. The normalized spacial score (nSPS) is 17.2. The van der Waals surface area contributed by atoms with E-state index in [1.54, 1.807) is 0 Å². The zero-order chi connectivity index (χ0) is 13.1. The predicted molar refractivity (Wildman–Crippen MR) is 77.1 cm³/mol. The molecule has 0 unspecified atom stereocenters. The molecule has 0 aliphatic carbocycles. The van der Waals surface area contributed by atoms with E-state index in [2.05, 4.69) is 53.8 Å². The van der Waals surface area contributed by atoms with Gasteiger partial charge in [0.25, 0.3) is 0 Å². The summed E-state index contributed by atoms with van der Waals surface area (Å²) in [6, 6.07) is 21.0. The van der Waals surface area contributed by atoms with Gasteiger partial charge in [-0.25, -0.2) is 0 Å². The molecule has 2 N–H and O–H groups in total. The lowest BCUT2D eigenvalue weighted by Gasteiger charge is -2.47. The second-order valence-corrected chi connectivity index (χ2v) is 5.38. The summed E-state index contributed by atoms with van der Waals surface area (Å²) in [4.78, 5) is 0. The Morgan fingerprint density at radius 2 is 1.37 bits per heavy atom. The maximum absolute atomic E-state index is 9.89. The molecule has 2 aromatic rings. The van der Waals surface area contributed by atoms with Gasteiger partial charge in [0.2, 0.25) is 0 Å². The van der Waals surface area contributed by atoms with Gasteiger partial charge in [0, 0.05) is 24.4 Å². The number of benzene rings is 2. The zero-order valence-electron chi connectivity index (χ0n) is 10.9. The molecule has 1 heterocycles. The summed E-state index contributed by atoms with van der Waals surface area (Å²) in [7, 11) is 0. The summed E-state index contributed by atoms with van der Waals surface area (Å²) in [5, 5.41) is 13.2. The maximum atomic E-state index is 9.89. The number of aliphatic hydroxyl groups excluding tert-OH is 1. The van der Waals surface area contributed by atoms with Crippen LogP contribution >= 0.6 is 0 Å². The average Bonchev–Trinajstić information content (AvgIpc) is 2.44. The predicted octanol–water partition coefficient (Wildman–Crippen LogP) is 2.40. The fourth-order valence-corrected chi connectivity index (χ4v) is 3.04. The van der Waals surface area contributed by atoms with Crippen molar-refractivity contribution in [3.05, 3.63) is 71.8 Å². The number of hydrogen-bond acceptors (Lipinski definition) is 2. The highest BCUT2D eigenvalue weighted by molar-refractivity contribution is 5.36. The Hall–Kier alpha value is -1.64. The second-order valence-electron chi connectivity index (χ2n) is 5.38. The van der Waals surface area contributed by atoms with Gasteiger partial charge in [-0.3, -0.25) is 0 Å². The van der Waals surface area contributed by atoms with E-state index in [0.29, 0.717) is 0 Å². The third kappa shape index (κ3) is 2.18. The van der Waals surface area contributed by atoms with Crippen LogP contribution in [0, 0.1) is 5.41 Å².